The van der Waals surface area contributed by atoms with E-state index < -0.39 is 0 Å². The summed E-state index contributed by atoms with van der Waals surface area (Å²) in [5, 5.41) is 9.19. The minimum atomic E-state index is -0.380. The molecule has 0 radical (unpaired) electrons. The van der Waals surface area contributed by atoms with Crippen molar-refractivity contribution in [1.82, 2.24) is 0 Å². The monoisotopic (exact) mass is 203 g/mol. The normalized spacial score (nSPS) is 29.0. The first-order valence-electron chi connectivity index (χ1n) is 5.05. The molecule has 0 amide bonds. The molecular weight excluding hydrogens is 190 g/mol. The largest absolute Gasteiger partial charge is 0.508 e. The Bertz CT molecular complexity index is 398. The summed E-state index contributed by atoms with van der Waals surface area (Å²) in [5.41, 5.74) is 0.608. The Balaban J connectivity index is 2.34. The lowest BCUT2D eigenvalue weighted by Crippen LogP contribution is -2.38. The molecule has 1 saturated carbocycles. The second-order valence-electron chi connectivity index (χ2n) is 4.29. The van der Waals surface area contributed by atoms with Gasteiger partial charge in [0.15, 0.2) is 0 Å². The highest BCUT2D eigenvalue weighted by molar-refractivity contribution is 5.41. The van der Waals surface area contributed by atoms with Gasteiger partial charge in [0.05, 0.1) is 5.54 Å². The van der Waals surface area contributed by atoms with Crippen molar-refractivity contribution in [3.8, 4) is 5.75 Å². The minimum absolute atomic E-state index is 0.233. The van der Waals surface area contributed by atoms with Crippen molar-refractivity contribution in [2.45, 2.75) is 25.3 Å². The second-order valence-corrected chi connectivity index (χ2v) is 4.29. The summed E-state index contributed by atoms with van der Waals surface area (Å²) in [5.74, 6) is 0.826. The number of nitrogens with zero attached hydrogens (tertiary/aromatic N) is 1. The van der Waals surface area contributed by atoms with E-state index >= 15 is 0 Å². The topological polar surface area (TPSA) is 49.7 Å². The van der Waals surface area contributed by atoms with E-state index in [0.717, 1.165) is 18.4 Å². The minimum Gasteiger partial charge on any atom is -0.508 e. The van der Waals surface area contributed by atoms with Crippen molar-refractivity contribution in [1.29, 1.82) is 0 Å². The van der Waals surface area contributed by atoms with Crippen molar-refractivity contribution in [3.63, 3.8) is 0 Å². The molecule has 1 aromatic carbocycles. The lowest BCUT2D eigenvalue weighted by molar-refractivity contribution is 0.166. The summed E-state index contributed by atoms with van der Waals surface area (Å²) in [7, 11) is 0. The maximum absolute atomic E-state index is 10.4. The number of carbonyl (C=O) groups excluding carboxylic acids is 1. The Kier molecular flexibility index (Phi) is 2.33. The Morgan fingerprint density at radius 1 is 1.40 bits per heavy atom. The van der Waals surface area contributed by atoms with Crippen LogP contribution < -0.4 is 0 Å². The van der Waals surface area contributed by atoms with Crippen LogP contribution in [0.5, 0.6) is 5.75 Å². The molecule has 0 unspecified atom stereocenters. The van der Waals surface area contributed by atoms with E-state index in [2.05, 4.69) is 11.9 Å². The number of hydrogen-bond donors (Lipinski definition) is 1. The first kappa shape index (κ1) is 9.94. The van der Waals surface area contributed by atoms with E-state index in [1.165, 1.54) is 0 Å². The number of aromatic hydroxyl groups is 1. The summed E-state index contributed by atoms with van der Waals surface area (Å²) in [6, 6.07) is 6.89. The molecule has 0 spiro atoms. The fourth-order valence-corrected chi connectivity index (χ4v) is 2.34. The number of aliphatic imine (C=N–C) groups is 1. The Morgan fingerprint density at radius 2 is 2.00 bits per heavy atom. The predicted octanol–water partition coefficient (Wildman–Crippen LogP) is 2.35. The molecule has 0 aromatic heterocycles. The van der Waals surface area contributed by atoms with Crippen molar-refractivity contribution < 1.29 is 9.90 Å². The summed E-state index contributed by atoms with van der Waals surface area (Å²) in [6.07, 6.45) is 3.42. The van der Waals surface area contributed by atoms with Gasteiger partial charge in [0.2, 0.25) is 6.08 Å². The summed E-state index contributed by atoms with van der Waals surface area (Å²) >= 11 is 0. The first-order chi connectivity index (χ1) is 7.16. The summed E-state index contributed by atoms with van der Waals surface area (Å²) in [4.78, 5) is 14.3. The van der Waals surface area contributed by atoms with Gasteiger partial charge in [-0.2, -0.15) is 4.99 Å². The zero-order chi connectivity index (χ0) is 10.9. The van der Waals surface area contributed by atoms with Crippen LogP contribution in [-0.2, 0) is 10.3 Å². The van der Waals surface area contributed by atoms with E-state index in [0.29, 0.717) is 5.92 Å². The van der Waals surface area contributed by atoms with Gasteiger partial charge in [-0.1, -0.05) is 19.1 Å². The van der Waals surface area contributed by atoms with Gasteiger partial charge in [0.25, 0.3) is 0 Å². The number of hydrogen-bond acceptors (Lipinski definition) is 3. The van der Waals surface area contributed by atoms with Crippen LogP contribution in [0.15, 0.2) is 29.3 Å². The third-order valence-corrected chi connectivity index (χ3v) is 3.04. The Morgan fingerprint density at radius 3 is 2.47 bits per heavy atom. The van der Waals surface area contributed by atoms with Gasteiger partial charge >= 0.3 is 0 Å². The molecule has 0 heterocycles. The maximum Gasteiger partial charge on any atom is 0.235 e. The molecule has 0 saturated heterocycles. The molecule has 0 atom stereocenters. The van der Waals surface area contributed by atoms with Crippen LogP contribution in [0.25, 0.3) is 0 Å². The number of phenolic OH excluding ortho intramolecular Hbond substituents is 1. The second kappa shape index (κ2) is 3.52. The standard InChI is InChI=1S/C12H13NO2/c1-9-6-12(7-9,13-8-14)10-2-4-11(15)5-3-10/h2-5,9,15H,6-7H2,1H3. The molecule has 3 nitrogen and oxygen atoms in total. The molecule has 1 fully saturated rings. The van der Waals surface area contributed by atoms with Gasteiger partial charge in [-0.25, -0.2) is 4.79 Å². The molecule has 1 aliphatic rings. The lowest BCUT2D eigenvalue weighted by Gasteiger charge is -2.42. The highest BCUT2D eigenvalue weighted by Crippen LogP contribution is 2.48. The van der Waals surface area contributed by atoms with Gasteiger partial charge in [-0.05, 0) is 36.5 Å². The van der Waals surface area contributed by atoms with Crippen LogP contribution in [0.3, 0.4) is 0 Å². The van der Waals surface area contributed by atoms with E-state index in [1.807, 2.05) is 12.1 Å². The first-order valence-corrected chi connectivity index (χ1v) is 5.05. The third kappa shape index (κ3) is 1.66. The van der Waals surface area contributed by atoms with Crippen LogP contribution in [0.4, 0.5) is 0 Å². The average Bonchev–Trinajstić information content (AvgIpc) is 2.16. The molecule has 1 aliphatic carbocycles. The zero-order valence-corrected chi connectivity index (χ0v) is 8.60. The average molecular weight is 203 g/mol. The lowest BCUT2D eigenvalue weighted by atomic mass is 9.66. The molecule has 0 bridgehead atoms. The number of rotatable bonds is 2. The number of phenols is 1. The molecule has 2 rings (SSSR count). The van der Waals surface area contributed by atoms with Gasteiger partial charge in [-0.15, -0.1) is 0 Å². The molecular formula is C12H13NO2. The number of isocyanates is 1. The van der Waals surface area contributed by atoms with Crippen molar-refractivity contribution in [3.05, 3.63) is 29.8 Å². The van der Waals surface area contributed by atoms with Crippen LogP contribution in [0.1, 0.15) is 25.3 Å². The van der Waals surface area contributed by atoms with Crippen LogP contribution in [0, 0.1) is 5.92 Å². The van der Waals surface area contributed by atoms with E-state index in [1.54, 1.807) is 18.2 Å². The Hall–Kier alpha value is -1.60. The molecule has 1 N–H and O–H groups in total. The Labute approximate surface area is 88.5 Å². The van der Waals surface area contributed by atoms with Crippen molar-refractivity contribution in [2.75, 3.05) is 0 Å². The van der Waals surface area contributed by atoms with Gasteiger partial charge < -0.3 is 5.11 Å². The van der Waals surface area contributed by atoms with Crippen LogP contribution in [-0.4, -0.2) is 11.2 Å². The fraction of sp³-hybridized carbons (Fsp3) is 0.417. The van der Waals surface area contributed by atoms with Gasteiger partial charge in [0, 0.05) is 0 Å². The molecule has 0 aliphatic heterocycles. The van der Waals surface area contributed by atoms with E-state index in [-0.39, 0.29) is 11.3 Å². The smallest absolute Gasteiger partial charge is 0.235 e. The summed E-state index contributed by atoms with van der Waals surface area (Å²) < 4.78 is 0. The highest BCUT2D eigenvalue weighted by Gasteiger charge is 2.43. The van der Waals surface area contributed by atoms with E-state index in [9.17, 15) is 9.90 Å². The van der Waals surface area contributed by atoms with Gasteiger partial charge in [-0.3, -0.25) is 0 Å². The maximum atomic E-state index is 10.4. The summed E-state index contributed by atoms with van der Waals surface area (Å²) in [6.45, 7) is 2.14. The predicted molar refractivity (Wildman–Crippen MR) is 56.3 cm³/mol. The molecule has 1 aromatic rings. The third-order valence-electron chi connectivity index (χ3n) is 3.04. The highest BCUT2D eigenvalue weighted by atomic mass is 16.3. The molecule has 78 valence electrons. The van der Waals surface area contributed by atoms with Crippen LogP contribution in [0.2, 0.25) is 0 Å². The molecule has 3 heteroatoms. The molecule has 15 heavy (non-hydrogen) atoms. The SMILES string of the molecule is CC1CC(N=C=O)(c2ccc(O)cc2)C1. The van der Waals surface area contributed by atoms with Crippen molar-refractivity contribution in [2.24, 2.45) is 10.9 Å². The number of benzene rings is 1. The van der Waals surface area contributed by atoms with Crippen LogP contribution >= 0.6 is 0 Å². The quantitative estimate of drug-likeness (QED) is 0.592. The fourth-order valence-electron chi connectivity index (χ4n) is 2.34. The zero-order valence-electron chi connectivity index (χ0n) is 8.60. The van der Waals surface area contributed by atoms with Crippen molar-refractivity contribution >= 4 is 6.08 Å². The van der Waals surface area contributed by atoms with Gasteiger partial charge in [0.1, 0.15) is 5.75 Å². The van der Waals surface area contributed by atoms with E-state index in [4.69, 9.17) is 0 Å².